The van der Waals surface area contributed by atoms with Crippen molar-refractivity contribution in [2.45, 2.75) is 70.4 Å². The van der Waals surface area contributed by atoms with Crippen LogP contribution >= 0.6 is 0 Å². The zero-order valence-electron chi connectivity index (χ0n) is 24.3. The Labute approximate surface area is 194 Å². The van der Waals surface area contributed by atoms with Gasteiger partial charge < -0.3 is 10.1 Å². The highest BCUT2D eigenvalue weighted by Gasteiger charge is 2.40. The summed E-state index contributed by atoms with van der Waals surface area (Å²) < 4.78 is 54.3. The molecule has 0 amide bonds. The average molecular weight is 431 g/mol. The van der Waals surface area contributed by atoms with E-state index in [9.17, 15) is 0 Å². The fourth-order valence-electron chi connectivity index (χ4n) is 5.75. The lowest BCUT2D eigenvalue weighted by Gasteiger charge is -2.37. The van der Waals surface area contributed by atoms with Crippen LogP contribution in [0.15, 0.2) is 12.3 Å². The van der Waals surface area contributed by atoms with Gasteiger partial charge in [-0.05, 0) is 77.7 Å². The van der Waals surface area contributed by atoms with Crippen molar-refractivity contribution in [1.29, 1.82) is 0 Å². The summed E-state index contributed by atoms with van der Waals surface area (Å²) >= 11 is 0. The van der Waals surface area contributed by atoms with Crippen molar-refractivity contribution in [3.63, 3.8) is 0 Å². The third-order valence-electron chi connectivity index (χ3n) is 7.37. The van der Waals surface area contributed by atoms with Crippen LogP contribution < -0.4 is 10.1 Å². The first-order valence-corrected chi connectivity index (χ1v) is 11.4. The lowest BCUT2D eigenvalue weighted by atomic mass is 9.74. The predicted molar refractivity (Wildman–Crippen MR) is 121 cm³/mol. The number of aromatic nitrogens is 4. The van der Waals surface area contributed by atoms with E-state index in [2.05, 4.69) is 20.4 Å². The van der Waals surface area contributed by atoms with E-state index in [0.29, 0.717) is 35.9 Å². The van der Waals surface area contributed by atoms with Crippen molar-refractivity contribution in [3.05, 3.63) is 29.5 Å². The number of fused-ring (bicyclic) bond motifs is 1. The highest BCUT2D eigenvalue weighted by molar-refractivity contribution is 5.37. The molecule has 7 nitrogen and oxygen atoms in total. The molecule has 1 aliphatic heterocycles. The summed E-state index contributed by atoms with van der Waals surface area (Å²) in [5.74, 6) is 3.19. The molecular formula is C24H36N6O. The van der Waals surface area contributed by atoms with Gasteiger partial charge in [-0.3, -0.25) is 9.58 Å². The number of hydrogen-bond donors (Lipinski definition) is 1. The SMILES string of the molecule is [2H]C([2H])([2H])N1CC[C@@H]1COc1cnn(C([2H])([2H])[2H])c1C1CCC2CC(Nc3cc(C)nc(C)n3)CC2C1. The molecule has 3 heterocycles. The van der Waals surface area contributed by atoms with Crippen molar-refractivity contribution in [3.8, 4) is 5.75 Å². The van der Waals surface area contributed by atoms with Gasteiger partial charge in [-0.25, -0.2) is 9.97 Å². The maximum atomic E-state index is 8.04. The van der Waals surface area contributed by atoms with Gasteiger partial charge >= 0.3 is 0 Å². The number of ether oxygens (including phenoxy) is 1. The van der Waals surface area contributed by atoms with Crippen molar-refractivity contribution in [2.75, 3.05) is 25.4 Å². The summed E-state index contributed by atoms with van der Waals surface area (Å²) in [4.78, 5) is 10.4. The molecule has 168 valence electrons. The molecule has 1 N–H and O–H groups in total. The quantitative estimate of drug-likeness (QED) is 0.754. The molecule has 3 fully saturated rings. The van der Waals surface area contributed by atoms with Gasteiger partial charge in [-0.1, -0.05) is 0 Å². The smallest absolute Gasteiger partial charge is 0.160 e. The highest BCUT2D eigenvalue weighted by atomic mass is 16.5. The summed E-state index contributed by atoms with van der Waals surface area (Å²) in [5, 5.41) is 7.81. The molecular weight excluding hydrogens is 388 g/mol. The Bertz CT molecular complexity index is 1100. The van der Waals surface area contributed by atoms with E-state index in [-0.39, 0.29) is 18.6 Å². The van der Waals surface area contributed by atoms with Crippen LogP contribution in [0.3, 0.4) is 0 Å². The van der Waals surface area contributed by atoms with Gasteiger partial charge in [0.15, 0.2) is 5.75 Å². The van der Waals surface area contributed by atoms with Crippen LogP contribution in [-0.4, -0.2) is 56.9 Å². The van der Waals surface area contributed by atoms with Crippen molar-refractivity contribution in [1.82, 2.24) is 24.6 Å². The van der Waals surface area contributed by atoms with E-state index in [0.717, 1.165) is 60.5 Å². The van der Waals surface area contributed by atoms with Gasteiger partial charge in [-0.15, -0.1) is 0 Å². The highest BCUT2D eigenvalue weighted by Crippen LogP contribution is 2.49. The Morgan fingerprint density at radius 3 is 2.81 bits per heavy atom. The molecule has 5 atom stereocenters. The zero-order chi connectivity index (χ0) is 26.5. The molecule has 2 saturated carbocycles. The minimum absolute atomic E-state index is 0.0292. The van der Waals surface area contributed by atoms with Crippen LogP contribution in [0.2, 0.25) is 0 Å². The summed E-state index contributed by atoms with van der Waals surface area (Å²) in [6.45, 7) is 0.0421. The predicted octanol–water partition coefficient (Wildman–Crippen LogP) is 3.68. The van der Waals surface area contributed by atoms with Crippen LogP contribution in [0.4, 0.5) is 5.82 Å². The molecule has 0 bridgehead atoms. The molecule has 7 heteroatoms. The van der Waals surface area contributed by atoms with E-state index >= 15 is 0 Å². The van der Waals surface area contributed by atoms with Crippen LogP contribution in [0, 0.1) is 25.7 Å². The van der Waals surface area contributed by atoms with Crippen LogP contribution in [0.5, 0.6) is 5.75 Å². The maximum absolute atomic E-state index is 8.04. The molecule has 4 unspecified atom stereocenters. The van der Waals surface area contributed by atoms with Crippen LogP contribution in [0.1, 0.15) is 69.9 Å². The zero-order valence-corrected chi connectivity index (χ0v) is 18.3. The molecule has 0 aromatic carbocycles. The fraction of sp³-hybridized carbons (Fsp3) is 0.708. The van der Waals surface area contributed by atoms with Crippen LogP contribution in [0.25, 0.3) is 0 Å². The van der Waals surface area contributed by atoms with E-state index in [1.165, 1.54) is 11.1 Å². The Kier molecular flexibility index (Phi) is 4.02. The first-order chi connectivity index (χ1) is 17.4. The summed E-state index contributed by atoms with van der Waals surface area (Å²) in [7, 11) is 0. The summed E-state index contributed by atoms with van der Waals surface area (Å²) in [5.41, 5.74) is 1.57. The molecule has 2 aromatic heterocycles. The van der Waals surface area contributed by atoms with Gasteiger partial charge in [0.2, 0.25) is 0 Å². The molecule has 3 aliphatic rings. The second-order valence-electron chi connectivity index (χ2n) is 9.54. The Hall–Kier alpha value is -2.15. The second-order valence-corrected chi connectivity index (χ2v) is 9.54. The number of aryl methyl sites for hydroxylation is 3. The lowest BCUT2D eigenvalue weighted by molar-refractivity contribution is 0.0760. The second kappa shape index (κ2) is 8.41. The largest absolute Gasteiger partial charge is 0.488 e. The van der Waals surface area contributed by atoms with Crippen LogP contribution in [-0.2, 0) is 6.98 Å². The Morgan fingerprint density at radius 1 is 1.13 bits per heavy atom. The van der Waals surface area contributed by atoms with E-state index in [1.54, 1.807) is 0 Å². The summed E-state index contributed by atoms with van der Waals surface area (Å²) in [6.07, 6.45) is 7.11. The van der Waals surface area contributed by atoms with Gasteiger partial charge in [0.05, 0.1) is 11.9 Å². The molecule has 2 aliphatic carbocycles. The van der Waals surface area contributed by atoms with Crippen molar-refractivity contribution in [2.24, 2.45) is 18.8 Å². The number of rotatable bonds is 6. The molecule has 0 radical (unpaired) electrons. The van der Waals surface area contributed by atoms with Gasteiger partial charge in [0.25, 0.3) is 0 Å². The van der Waals surface area contributed by atoms with Gasteiger partial charge in [0.1, 0.15) is 18.2 Å². The third-order valence-corrected chi connectivity index (χ3v) is 7.37. The molecule has 2 aromatic rings. The minimum Gasteiger partial charge on any atom is -0.488 e. The van der Waals surface area contributed by atoms with E-state index in [1.807, 2.05) is 19.9 Å². The first-order valence-electron chi connectivity index (χ1n) is 14.4. The normalized spacial score (nSPS) is 34.3. The Balaban J connectivity index is 1.28. The number of anilines is 1. The first kappa shape index (κ1) is 14.8. The minimum atomic E-state index is -2.41. The monoisotopic (exact) mass is 430 g/mol. The molecule has 1 saturated heterocycles. The number of likely N-dealkylation sites (N-methyl/N-ethyl adjacent to an activating group) is 1. The average Bonchev–Trinajstić information content (AvgIpc) is 3.33. The molecule has 5 rings (SSSR count). The van der Waals surface area contributed by atoms with Gasteiger partial charge in [0, 0.05) is 45.0 Å². The topological polar surface area (TPSA) is 68.1 Å². The molecule has 31 heavy (non-hydrogen) atoms. The van der Waals surface area contributed by atoms with Gasteiger partial charge in [-0.2, -0.15) is 5.10 Å². The standard InChI is InChI=1S/C24H36N6O/c1-15-9-23(27-16(2)26-15)28-20-11-17-5-6-18(10-19(17)12-20)24-22(13-25-30(24)4)31-14-21-7-8-29(21)3/h9,13,17-21H,5-8,10-12,14H2,1-4H3,(H,26,27,28)/t17?,18?,19?,20?,21-/m1/s1/i3D3,4D3. The maximum Gasteiger partial charge on any atom is 0.160 e. The van der Waals surface area contributed by atoms with E-state index < -0.39 is 14.0 Å². The number of nitrogens with one attached hydrogen (secondary N) is 1. The summed E-state index contributed by atoms with van der Waals surface area (Å²) in [6, 6.07) is 2.10. The number of hydrogen-bond acceptors (Lipinski definition) is 6. The fourth-order valence-corrected chi connectivity index (χ4v) is 5.75. The molecule has 0 spiro atoms. The Morgan fingerprint density at radius 2 is 2.03 bits per heavy atom. The third kappa shape index (κ3) is 4.29. The van der Waals surface area contributed by atoms with Crippen molar-refractivity contribution >= 4 is 5.82 Å². The lowest BCUT2D eigenvalue weighted by Crippen LogP contribution is -2.48. The number of likely N-dealkylation sites (tertiary alicyclic amines) is 1. The van der Waals surface area contributed by atoms with E-state index in [4.69, 9.17) is 13.0 Å². The number of nitrogens with zero attached hydrogens (tertiary/aromatic N) is 5. The van der Waals surface area contributed by atoms with Crippen molar-refractivity contribution < 1.29 is 13.0 Å².